The summed E-state index contributed by atoms with van der Waals surface area (Å²) in [6.07, 6.45) is 10.3. The Bertz CT molecular complexity index is 229. The topological polar surface area (TPSA) is 21.3 Å². The van der Waals surface area contributed by atoms with Crippen LogP contribution in [-0.2, 0) is 4.74 Å². The van der Waals surface area contributed by atoms with Gasteiger partial charge in [0.25, 0.3) is 0 Å². The Morgan fingerprint density at radius 2 is 2.40 bits per heavy atom. The van der Waals surface area contributed by atoms with Gasteiger partial charge in [-0.1, -0.05) is 25.7 Å². The van der Waals surface area contributed by atoms with E-state index in [1.807, 2.05) is 14.0 Å². The molecule has 0 bridgehead atoms. The van der Waals surface area contributed by atoms with Gasteiger partial charge in [0.05, 0.1) is 11.6 Å². The van der Waals surface area contributed by atoms with E-state index < -0.39 is 0 Å². The lowest BCUT2D eigenvalue weighted by Gasteiger charge is -2.43. The molecule has 0 aromatic carbocycles. The van der Waals surface area contributed by atoms with Crippen LogP contribution in [0.3, 0.4) is 0 Å². The van der Waals surface area contributed by atoms with E-state index in [1.165, 1.54) is 12.8 Å². The molecule has 0 aromatic heterocycles. The summed E-state index contributed by atoms with van der Waals surface area (Å²) in [6.45, 7) is 5.08. The van der Waals surface area contributed by atoms with Crippen LogP contribution < -0.4 is 5.32 Å². The lowest BCUT2D eigenvalue weighted by atomic mass is 9.74. The van der Waals surface area contributed by atoms with Crippen molar-refractivity contribution in [3.63, 3.8) is 0 Å². The molecule has 1 aliphatic carbocycles. The van der Waals surface area contributed by atoms with Gasteiger partial charge in [-0.05, 0) is 32.7 Å². The molecule has 0 aliphatic heterocycles. The Balaban J connectivity index is 2.81. The van der Waals surface area contributed by atoms with Crippen LogP contribution in [0.5, 0.6) is 0 Å². The summed E-state index contributed by atoms with van der Waals surface area (Å²) in [5.41, 5.74) is -0.129. The number of hydrogen-bond acceptors (Lipinski definition) is 2. The van der Waals surface area contributed by atoms with Crippen LogP contribution in [0, 0.1) is 18.3 Å². The van der Waals surface area contributed by atoms with Gasteiger partial charge >= 0.3 is 0 Å². The first-order chi connectivity index (χ1) is 7.18. The van der Waals surface area contributed by atoms with Crippen LogP contribution in [0.2, 0.25) is 0 Å². The zero-order valence-electron chi connectivity index (χ0n) is 10.2. The molecule has 0 heterocycles. The highest BCUT2D eigenvalue weighted by atomic mass is 16.5. The Morgan fingerprint density at radius 1 is 1.67 bits per heavy atom. The molecule has 0 amide bonds. The van der Waals surface area contributed by atoms with Crippen LogP contribution in [0.15, 0.2) is 0 Å². The van der Waals surface area contributed by atoms with Crippen molar-refractivity contribution < 1.29 is 4.74 Å². The number of rotatable bonds is 4. The minimum absolute atomic E-state index is 0.0419. The van der Waals surface area contributed by atoms with E-state index in [0.717, 1.165) is 25.4 Å². The lowest BCUT2D eigenvalue weighted by molar-refractivity contribution is -0.0872. The van der Waals surface area contributed by atoms with E-state index in [2.05, 4.69) is 18.2 Å². The highest BCUT2D eigenvalue weighted by Gasteiger charge is 2.41. The number of terminal acetylenes is 1. The van der Waals surface area contributed by atoms with E-state index in [1.54, 1.807) is 0 Å². The highest BCUT2D eigenvalue weighted by molar-refractivity contribution is 5.11. The predicted octanol–water partition coefficient (Wildman–Crippen LogP) is 2.19. The fourth-order valence-corrected chi connectivity index (χ4v) is 2.81. The molecule has 1 N–H and O–H groups in total. The van der Waals surface area contributed by atoms with Crippen LogP contribution >= 0.6 is 0 Å². The zero-order chi connectivity index (χ0) is 11.3. The third kappa shape index (κ3) is 2.74. The van der Waals surface area contributed by atoms with Gasteiger partial charge in [0, 0.05) is 6.61 Å². The number of hydrogen-bond donors (Lipinski definition) is 1. The second-order valence-electron chi connectivity index (χ2n) is 4.59. The molecule has 3 atom stereocenters. The van der Waals surface area contributed by atoms with Gasteiger partial charge in [0.2, 0.25) is 0 Å². The molecule has 15 heavy (non-hydrogen) atoms. The van der Waals surface area contributed by atoms with Crippen molar-refractivity contribution in [2.24, 2.45) is 5.92 Å². The molecule has 1 rings (SSSR count). The molecule has 2 heteroatoms. The molecule has 0 spiro atoms. The van der Waals surface area contributed by atoms with Gasteiger partial charge in [0.1, 0.15) is 0 Å². The van der Waals surface area contributed by atoms with Gasteiger partial charge in [-0.2, -0.15) is 0 Å². The molecular weight excluding hydrogens is 186 g/mol. The zero-order valence-corrected chi connectivity index (χ0v) is 10.2. The highest BCUT2D eigenvalue weighted by Crippen LogP contribution is 2.37. The molecule has 0 aromatic rings. The van der Waals surface area contributed by atoms with Gasteiger partial charge < -0.3 is 10.1 Å². The maximum absolute atomic E-state index is 5.98. The van der Waals surface area contributed by atoms with Gasteiger partial charge in [0.15, 0.2) is 0 Å². The number of ether oxygens (including phenoxy) is 1. The lowest BCUT2D eigenvalue weighted by Crippen LogP contribution is -2.53. The third-order valence-corrected chi connectivity index (χ3v) is 3.40. The van der Waals surface area contributed by atoms with Crippen LogP contribution in [0.4, 0.5) is 0 Å². The average Bonchev–Trinajstić information content (AvgIpc) is 2.19. The number of nitrogens with one attached hydrogen (secondary N) is 1. The molecule has 1 fully saturated rings. The van der Waals surface area contributed by atoms with E-state index in [-0.39, 0.29) is 11.6 Å². The van der Waals surface area contributed by atoms with Gasteiger partial charge in [-0.3, -0.25) is 0 Å². The van der Waals surface area contributed by atoms with Crippen molar-refractivity contribution in [2.75, 3.05) is 13.7 Å². The van der Waals surface area contributed by atoms with Crippen molar-refractivity contribution >= 4 is 0 Å². The molecule has 0 saturated heterocycles. The summed E-state index contributed by atoms with van der Waals surface area (Å²) in [5.74, 6) is 3.55. The summed E-state index contributed by atoms with van der Waals surface area (Å²) in [7, 11) is 1.92. The van der Waals surface area contributed by atoms with Crippen molar-refractivity contribution in [1.82, 2.24) is 5.32 Å². The summed E-state index contributed by atoms with van der Waals surface area (Å²) in [6, 6.07) is 0.0419. The maximum Gasteiger partial charge on any atom is 0.0978 e. The normalized spacial score (nSPS) is 33.3. The van der Waals surface area contributed by atoms with Crippen LogP contribution in [0.1, 0.15) is 39.5 Å². The quantitative estimate of drug-likeness (QED) is 0.717. The van der Waals surface area contributed by atoms with Crippen molar-refractivity contribution in [2.45, 2.75) is 51.2 Å². The van der Waals surface area contributed by atoms with Gasteiger partial charge in [-0.25, -0.2) is 0 Å². The van der Waals surface area contributed by atoms with Crippen molar-refractivity contribution in [3.05, 3.63) is 0 Å². The van der Waals surface area contributed by atoms with Crippen LogP contribution in [-0.4, -0.2) is 25.3 Å². The first-order valence-electron chi connectivity index (χ1n) is 5.96. The van der Waals surface area contributed by atoms with Crippen molar-refractivity contribution in [1.29, 1.82) is 0 Å². The molecule has 1 aliphatic rings. The molecule has 0 radical (unpaired) electrons. The Labute approximate surface area is 93.8 Å². The molecular formula is C13H23NO. The maximum atomic E-state index is 5.98. The second-order valence-corrected chi connectivity index (χ2v) is 4.59. The Morgan fingerprint density at radius 3 is 2.87 bits per heavy atom. The summed E-state index contributed by atoms with van der Waals surface area (Å²) >= 11 is 0. The fraction of sp³-hybridized carbons (Fsp3) is 0.846. The molecule has 2 nitrogen and oxygen atoms in total. The Kier molecular flexibility index (Phi) is 4.63. The largest absolute Gasteiger partial charge is 0.373 e. The van der Waals surface area contributed by atoms with Crippen LogP contribution in [0.25, 0.3) is 0 Å². The average molecular weight is 209 g/mol. The first-order valence-corrected chi connectivity index (χ1v) is 5.96. The van der Waals surface area contributed by atoms with Gasteiger partial charge in [-0.15, -0.1) is 6.42 Å². The van der Waals surface area contributed by atoms with E-state index in [4.69, 9.17) is 11.2 Å². The second kappa shape index (κ2) is 5.53. The minimum Gasteiger partial charge on any atom is -0.373 e. The van der Waals surface area contributed by atoms with E-state index >= 15 is 0 Å². The predicted molar refractivity (Wildman–Crippen MR) is 63.7 cm³/mol. The minimum atomic E-state index is -0.129. The molecule has 3 unspecified atom stereocenters. The summed E-state index contributed by atoms with van der Waals surface area (Å²) in [5, 5.41) is 3.21. The van der Waals surface area contributed by atoms with E-state index in [0.29, 0.717) is 0 Å². The molecule has 86 valence electrons. The molecule has 1 saturated carbocycles. The SMILES string of the molecule is C#CC(NC)C1(OCC)CCCC(C)C1. The third-order valence-electron chi connectivity index (χ3n) is 3.40. The standard InChI is InChI=1S/C13H23NO/c1-5-12(14-4)13(15-6-2)9-7-8-11(3)10-13/h1,11-12,14H,6-10H2,2-4H3. The summed E-state index contributed by atoms with van der Waals surface area (Å²) in [4.78, 5) is 0. The Hall–Kier alpha value is -0.520. The fourth-order valence-electron chi connectivity index (χ4n) is 2.81. The monoisotopic (exact) mass is 209 g/mol. The first kappa shape index (κ1) is 12.5. The van der Waals surface area contributed by atoms with E-state index in [9.17, 15) is 0 Å². The number of likely N-dealkylation sites (N-methyl/N-ethyl adjacent to an activating group) is 1. The summed E-state index contributed by atoms with van der Waals surface area (Å²) < 4.78 is 5.98. The smallest absolute Gasteiger partial charge is 0.0978 e. The van der Waals surface area contributed by atoms with Crippen molar-refractivity contribution in [3.8, 4) is 12.3 Å².